The van der Waals surface area contributed by atoms with Gasteiger partial charge in [0.05, 0.1) is 23.2 Å². The third-order valence-electron chi connectivity index (χ3n) is 4.73. The molecule has 3 aromatic carbocycles. The van der Waals surface area contributed by atoms with E-state index in [2.05, 4.69) is 10.6 Å². The van der Waals surface area contributed by atoms with Crippen LogP contribution in [0.3, 0.4) is 0 Å². The van der Waals surface area contributed by atoms with Crippen molar-refractivity contribution < 1.29 is 22.7 Å². The van der Waals surface area contributed by atoms with Crippen LogP contribution in [0.4, 0.5) is 11.4 Å². The average molecular weight is 496 g/mol. The van der Waals surface area contributed by atoms with E-state index >= 15 is 0 Å². The van der Waals surface area contributed by atoms with Crippen molar-refractivity contribution in [3.8, 4) is 11.5 Å². The molecule has 0 aromatic heterocycles. The molecule has 0 heterocycles. The molecule has 0 spiro atoms. The summed E-state index contributed by atoms with van der Waals surface area (Å²) < 4.78 is 32.2. The highest BCUT2D eigenvalue weighted by molar-refractivity contribution is 7.92. The van der Waals surface area contributed by atoms with Gasteiger partial charge in [-0.2, -0.15) is 0 Å². The van der Waals surface area contributed by atoms with Crippen LogP contribution < -0.4 is 19.7 Å². The summed E-state index contributed by atoms with van der Waals surface area (Å²) in [7, 11) is -3.86. The van der Waals surface area contributed by atoms with E-state index in [0.717, 1.165) is 10.6 Å². The zero-order valence-corrected chi connectivity index (χ0v) is 20.9. The Hall–Kier alpha value is -3.85. The van der Waals surface area contributed by atoms with E-state index in [1.807, 2.05) is 26.8 Å². The first-order chi connectivity index (χ1) is 16.4. The standard InChI is InChI=1S/C26H29N3O5S/c1-26(2,3)28-25(31)20-14-8-9-15-21(20)27-24(30)18-29(35(4,32)33)22-16-10-11-17-23(22)34-19-12-6-5-7-13-19/h5-17H,18H2,1-4H3,(H,27,30)(H,28,31). The minimum Gasteiger partial charge on any atom is -0.455 e. The maximum Gasteiger partial charge on any atom is 0.253 e. The van der Waals surface area contributed by atoms with Crippen LogP contribution >= 0.6 is 0 Å². The highest BCUT2D eigenvalue weighted by atomic mass is 32.2. The summed E-state index contributed by atoms with van der Waals surface area (Å²) in [6, 6.07) is 22.0. The predicted molar refractivity (Wildman–Crippen MR) is 137 cm³/mol. The Bertz CT molecular complexity index is 1300. The first-order valence-corrected chi connectivity index (χ1v) is 12.8. The molecule has 2 amide bonds. The molecule has 8 nitrogen and oxygen atoms in total. The van der Waals surface area contributed by atoms with Crippen LogP contribution in [0.15, 0.2) is 78.9 Å². The second kappa shape index (κ2) is 10.6. The summed E-state index contributed by atoms with van der Waals surface area (Å²) in [6.07, 6.45) is 1.02. The molecule has 0 aliphatic rings. The number of hydrogen-bond donors (Lipinski definition) is 2. The quantitative estimate of drug-likeness (QED) is 0.482. The van der Waals surface area contributed by atoms with E-state index in [9.17, 15) is 18.0 Å². The molecule has 3 aromatic rings. The van der Waals surface area contributed by atoms with Gasteiger partial charge in [0.25, 0.3) is 5.91 Å². The zero-order valence-electron chi connectivity index (χ0n) is 20.1. The lowest BCUT2D eigenvalue weighted by molar-refractivity contribution is -0.114. The third-order valence-corrected chi connectivity index (χ3v) is 5.85. The second-order valence-corrected chi connectivity index (χ2v) is 10.9. The van der Waals surface area contributed by atoms with E-state index in [1.54, 1.807) is 72.8 Å². The number of anilines is 2. The molecule has 35 heavy (non-hydrogen) atoms. The normalized spacial score (nSPS) is 11.4. The number of rotatable bonds is 8. The molecule has 0 unspecified atom stereocenters. The van der Waals surface area contributed by atoms with Crippen LogP contribution in [0.5, 0.6) is 11.5 Å². The fraction of sp³-hybridized carbons (Fsp3) is 0.231. The molecular weight excluding hydrogens is 466 g/mol. The van der Waals surface area contributed by atoms with Gasteiger partial charge in [-0.1, -0.05) is 42.5 Å². The number of benzene rings is 3. The molecule has 0 saturated heterocycles. The predicted octanol–water partition coefficient (Wildman–Crippen LogP) is 4.41. The molecule has 0 aliphatic heterocycles. The van der Waals surface area contributed by atoms with Crippen molar-refractivity contribution >= 4 is 33.2 Å². The monoisotopic (exact) mass is 495 g/mol. The first-order valence-electron chi connectivity index (χ1n) is 10.9. The molecule has 184 valence electrons. The van der Waals surface area contributed by atoms with Gasteiger partial charge in [0, 0.05) is 5.54 Å². The number of sulfonamides is 1. The van der Waals surface area contributed by atoms with Gasteiger partial charge in [-0.25, -0.2) is 8.42 Å². The Balaban J connectivity index is 1.86. The lowest BCUT2D eigenvalue weighted by Gasteiger charge is -2.25. The minimum atomic E-state index is -3.86. The molecule has 0 fully saturated rings. The zero-order chi connectivity index (χ0) is 25.6. The number of carbonyl (C=O) groups excluding carboxylic acids is 2. The van der Waals surface area contributed by atoms with Crippen molar-refractivity contribution in [1.82, 2.24) is 5.32 Å². The molecule has 0 aliphatic carbocycles. The van der Waals surface area contributed by atoms with Crippen molar-refractivity contribution in [2.75, 3.05) is 22.4 Å². The molecule has 9 heteroatoms. The molecule has 0 atom stereocenters. The van der Waals surface area contributed by atoms with Gasteiger partial charge in [-0.15, -0.1) is 0 Å². The average Bonchev–Trinajstić information content (AvgIpc) is 2.77. The van der Waals surface area contributed by atoms with E-state index < -0.39 is 28.0 Å². The number of nitrogens with one attached hydrogen (secondary N) is 2. The lowest BCUT2D eigenvalue weighted by atomic mass is 10.1. The minimum absolute atomic E-state index is 0.216. The van der Waals surface area contributed by atoms with Crippen molar-refractivity contribution in [3.05, 3.63) is 84.4 Å². The third kappa shape index (κ3) is 7.31. The van der Waals surface area contributed by atoms with Gasteiger partial charge < -0.3 is 15.4 Å². The summed E-state index contributed by atoms with van der Waals surface area (Å²) in [5.74, 6) is -0.158. The Labute approximate surface area is 206 Å². The number of ether oxygens (including phenoxy) is 1. The van der Waals surface area contributed by atoms with Crippen LogP contribution in [-0.2, 0) is 14.8 Å². The van der Waals surface area contributed by atoms with E-state index in [1.165, 1.54) is 0 Å². The van der Waals surface area contributed by atoms with Crippen LogP contribution in [-0.4, -0.2) is 38.6 Å². The van der Waals surface area contributed by atoms with Crippen LogP contribution in [0.25, 0.3) is 0 Å². The highest BCUT2D eigenvalue weighted by Gasteiger charge is 2.25. The molecule has 0 radical (unpaired) electrons. The van der Waals surface area contributed by atoms with Crippen molar-refractivity contribution in [1.29, 1.82) is 0 Å². The highest BCUT2D eigenvalue weighted by Crippen LogP contribution is 2.33. The topological polar surface area (TPSA) is 105 Å². The number of amides is 2. The number of nitrogens with zero attached hydrogens (tertiary/aromatic N) is 1. The van der Waals surface area contributed by atoms with E-state index in [4.69, 9.17) is 4.74 Å². The van der Waals surface area contributed by atoms with Crippen LogP contribution in [0.2, 0.25) is 0 Å². The number of carbonyl (C=O) groups is 2. The molecule has 0 bridgehead atoms. The first kappa shape index (κ1) is 25.8. The SMILES string of the molecule is CC(C)(C)NC(=O)c1ccccc1NC(=O)CN(c1ccccc1Oc1ccccc1)S(C)(=O)=O. The fourth-order valence-corrected chi connectivity index (χ4v) is 4.12. The summed E-state index contributed by atoms with van der Waals surface area (Å²) in [5, 5.41) is 5.53. The number of para-hydroxylation sites is 4. The van der Waals surface area contributed by atoms with Gasteiger partial charge in [0.15, 0.2) is 5.75 Å². The van der Waals surface area contributed by atoms with Crippen molar-refractivity contribution in [2.24, 2.45) is 0 Å². The van der Waals surface area contributed by atoms with Crippen molar-refractivity contribution in [3.63, 3.8) is 0 Å². The van der Waals surface area contributed by atoms with Crippen molar-refractivity contribution in [2.45, 2.75) is 26.3 Å². The van der Waals surface area contributed by atoms with Gasteiger partial charge >= 0.3 is 0 Å². The Morgan fingerprint density at radius 1 is 0.886 bits per heavy atom. The van der Waals surface area contributed by atoms with Crippen LogP contribution in [0, 0.1) is 0 Å². The summed E-state index contributed by atoms with van der Waals surface area (Å²) in [5.41, 5.74) is 0.299. The Kier molecular flexibility index (Phi) is 7.81. The largest absolute Gasteiger partial charge is 0.455 e. The van der Waals surface area contributed by atoms with E-state index in [0.29, 0.717) is 5.75 Å². The molecule has 2 N–H and O–H groups in total. The second-order valence-electron chi connectivity index (χ2n) is 8.95. The molecule has 3 rings (SSSR count). The number of hydrogen-bond acceptors (Lipinski definition) is 5. The van der Waals surface area contributed by atoms with Crippen LogP contribution in [0.1, 0.15) is 31.1 Å². The van der Waals surface area contributed by atoms with Gasteiger partial charge in [-0.05, 0) is 57.2 Å². The fourth-order valence-electron chi connectivity index (χ4n) is 3.26. The van der Waals surface area contributed by atoms with E-state index in [-0.39, 0.29) is 28.6 Å². The molecule has 0 saturated carbocycles. The molecular formula is C26H29N3O5S. The summed E-state index contributed by atoms with van der Waals surface area (Å²) in [6.45, 7) is 5.05. The van der Waals surface area contributed by atoms with Gasteiger partial charge in [0.2, 0.25) is 15.9 Å². The summed E-state index contributed by atoms with van der Waals surface area (Å²) >= 11 is 0. The maximum atomic E-state index is 13.0. The van der Waals surface area contributed by atoms with Gasteiger partial charge in [-0.3, -0.25) is 13.9 Å². The maximum absolute atomic E-state index is 13.0. The van der Waals surface area contributed by atoms with Gasteiger partial charge in [0.1, 0.15) is 12.3 Å². The lowest BCUT2D eigenvalue weighted by Crippen LogP contribution is -2.41. The Morgan fingerprint density at radius 2 is 1.49 bits per heavy atom. The summed E-state index contributed by atoms with van der Waals surface area (Å²) in [4.78, 5) is 25.7. The smallest absolute Gasteiger partial charge is 0.253 e. The Morgan fingerprint density at radius 3 is 2.14 bits per heavy atom.